The molecule has 2 unspecified atom stereocenters. The van der Waals surface area contributed by atoms with Crippen LogP contribution < -0.4 is 10.5 Å². The first-order chi connectivity index (χ1) is 9.88. The third kappa shape index (κ3) is 4.45. The number of aryl methyl sites for hydroxylation is 1. The van der Waals surface area contributed by atoms with Gasteiger partial charge in [-0.05, 0) is 49.3 Å². The van der Waals surface area contributed by atoms with Crippen molar-refractivity contribution < 1.29 is 8.42 Å². The van der Waals surface area contributed by atoms with Gasteiger partial charge in [0.15, 0.2) is 0 Å². The van der Waals surface area contributed by atoms with E-state index in [9.17, 15) is 8.42 Å². The van der Waals surface area contributed by atoms with Crippen molar-refractivity contribution in [3.63, 3.8) is 0 Å². The molecule has 0 aliphatic heterocycles. The van der Waals surface area contributed by atoms with Crippen molar-refractivity contribution in [3.05, 3.63) is 23.8 Å². The lowest BCUT2D eigenvalue weighted by atomic mass is 9.81. The molecule has 0 saturated heterocycles. The van der Waals surface area contributed by atoms with Gasteiger partial charge in [-0.25, -0.2) is 13.1 Å². The number of nitrogens with two attached hydrogens (primary N) is 1. The van der Waals surface area contributed by atoms with Crippen LogP contribution in [0.1, 0.15) is 44.6 Å². The second kappa shape index (κ2) is 6.79. The van der Waals surface area contributed by atoms with Gasteiger partial charge < -0.3 is 5.73 Å². The van der Waals surface area contributed by atoms with Gasteiger partial charge in [0.25, 0.3) is 0 Å². The fourth-order valence-electron chi connectivity index (χ4n) is 3.21. The van der Waals surface area contributed by atoms with Crippen LogP contribution in [0, 0.1) is 18.8 Å². The molecule has 1 aliphatic carbocycles. The molecule has 0 amide bonds. The Labute approximate surface area is 128 Å². The van der Waals surface area contributed by atoms with Gasteiger partial charge >= 0.3 is 0 Å². The van der Waals surface area contributed by atoms with Gasteiger partial charge in [-0.15, -0.1) is 0 Å². The molecular formula is C16H26N2O2S. The highest BCUT2D eigenvalue weighted by Gasteiger charge is 2.21. The Balaban J connectivity index is 1.92. The number of nitrogens with one attached hydrogen (secondary N) is 1. The summed E-state index contributed by atoms with van der Waals surface area (Å²) in [4.78, 5) is 0.185. The highest BCUT2D eigenvalue weighted by Crippen LogP contribution is 2.30. The summed E-state index contributed by atoms with van der Waals surface area (Å²) in [5.41, 5.74) is 7.10. The SMILES string of the molecule is Cc1ccc(S(=O)(=O)NCCC2CCCC(C)C2)c(N)c1. The van der Waals surface area contributed by atoms with Gasteiger partial charge in [0, 0.05) is 6.54 Å². The fraction of sp³-hybridized carbons (Fsp3) is 0.625. The number of nitrogen functional groups attached to an aromatic ring is 1. The molecule has 3 N–H and O–H groups in total. The number of hydrogen-bond donors (Lipinski definition) is 2. The number of rotatable bonds is 5. The number of sulfonamides is 1. The third-order valence-corrected chi connectivity index (χ3v) is 5.88. The van der Waals surface area contributed by atoms with Crippen LogP contribution in [0.2, 0.25) is 0 Å². The van der Waals surface area contributed by atoms with Crippen molar-refractivity contribution in [2.24, 2.45) is 11.8 Å². The molecule has 2 rings (SSSR count). The van der Waals surface area contributed by atoms with E-state index < -0.39 is 10.0 Å². The van der Waals surface area contributed by atoms with Crippen LogP contribution in [0.15, 0.2) is 23.1 Å². The molecular weight excluding hydrogens is 284 g/mol. The van der Waals surface area contributed by atoms with E-state index in [-0.39, 0.29) is 4.90 Å². The van der Waals surface area contributed by atoms with E-state index in [1.54, 1.807) is 18.2 Å². The summed E-state index contributed by atoms with van der Waals surface area (Å²) in [6.45, 7) is 4.67. The maximum Gasteiger partial charge on any atom is 0.242 e. The molecule has 1 aromatic carbocycles. The smallest absolute Gasteiger partial charge is 0.242 e. The van der Waals surface area contributed by atoms with Crippen LogP contribution in [0.25, 0.3) is 0 Å². The Morgan fingerprint density at radius 3 is 2.76 bits per heavy atom. The van der Waals surface area contributed by atoms with Crippen LogP contribution in [-0.2, 0) is 10.0 Å². The highest BCUT2D eigenvalue weighted by atomic mass is 32.2. The molecule has 0 bridgehead atoms. The summed E-state index contributed by atoms with van der Waals surface area (Å²) in [7, 11) is -3.50. The predicted octanol–water partition coefficient (Wildman–Crippen LogP) is 3.07. The second-order valence-electron chi connectivity index (χ2n) is 6.37. The first kappa shape index (κ1) is 16.3. The standard InChI is InChI=1S/C16H26N2O2S/c1-12-4-3-5-14(10-12)8-9-18-21(19,20)16-7-6-13(2)11-15(16)17/h6-7,11-12,14,18H,3-5,8-10,17H2,1-2H3. The summed E-state index contributed by atoms with van der Waals surface area (Å²) in [6, 6.07) is 5.04. The van der Waals surface area contributed by atoms with Crippen molar-refractivity contribution in [2.45, 2.75) is 50.8 Å². The predicted molar refractivity (Wildman–Crippen MR) is 86.5 cm³/mol. The Bertz CT molecular complexity index is 584. The summed E-state index contributed by atoms with van der Waals surface area (Å²) in [6.07, 6.45) is 5.92. The van der Waals surface area contributed by atoms with E-state index in [1.165, 1.54) is 25.7 Å². The zero-order chi connectivity index (χ0) is 15.5. The van der Waals surface area contributed by atoms with Crippen molar-refractivity contribution in [3.8, 4) is 0 Å². The summed E-state index contributed by atoms with van der Waals surface area (Å²) in [5, 5.41) is 0. The molecule has 0 heterocycles. The average molecular weight is 310 g/mol. The third-order valence-electron chi connectivity index (χ3n) is 4.34. The Kier molecular flexibility index (Phi) is 5.27. The van der Waals surface area contributed by atoms with E-state index in [1.807, 2.05) is 6.92 Å². The minimum Gasteiger partial charge on any atom is -0.398 e. The first-order valence-electron chi connectivity index (χ1n) is 7.74. The van der Waals surface area contributed by atoms with Crippen molar-refractivity contribution in [2.75, 3.05) is 12.3 Å². The lowest BCUT2D eigenvalue weighted by Gasteiger charge is -2.26. The maximum atomic E-state index is 12.3. The normalized spacial score (nSPS) is 23.1. The van der Waals surface area contributed by atoms with E-state index >= 15 is 0 Å². The molecule has 21 heavy (non-hydrogen) atoms. The minimum absolute atomic E-state index is 0.185. The number of benzene rings is 1. The maximum absolute atomic E-state index is 12.3. The second-order valence-corrected chi connectivity index (χ2v) is 8.10. The van der Waals surface area contributed by atoms with Crippen LogP contribution in [-0.4, -0.2) is 15.0 Å². The topological polar surface area (TPSA) is 72.2 Å². The van der Waals surface area contributed by atoms with E-state index in [0.29, 0.717) is 18.2 Å². The van der Waals surface area contributed by atoms with Gasteiger partial charge in [0.05, 0.1) is 5.69 Å². The molecule has 1 aromatic rings. The molecule has 2 atom stereocenters. The highest BCUT2D eigenvalue weighted by molar-refractivity contribution is 7.89. The van der Waals surface area contributed by atoms with Gasteiger partial charge in [-0.3, -0.25) is 0 Å². The Morgan fingerprint density at radius 1 is 1.33 bits per heavy atom. The molecule has 0 radical (unpaired) electrons. The first-order valence-corrected chi connectivity index (χ1v) is 9.22. The average Bonchev–Trinajstić information content (AvgIpc) is 2.38. The quantitative estimate of drug-likeness (QED) is 0.821. The fourth-order valence-corrected chi connectivity index (χ4v) is 4.37. The zero-order valence-corrected chi connectivity index (χ0v) is 13.7. The van der Waals surface area contributed by atoms with Crippen LogP contribution in [0.4, 0.5) is 5.69 Å². The molecule has 0 aromatic heterocycles. The summed E-state index contributed by atoms with van der Waals surface area (Å²) >= 11 is 0. The molecule has 1 aliphatic rings. The van der Waals surface area contributed by atoms with Gasteiger partial charge in [0.1, 0.15) is 4.90 Å². The Morgan fingerprint density at radius 2 is 2.10 bits per heavy atom. The molecule has 1 saturated carbocycles. The Hall–Kier alpha value is -1.07. The van der Waals surface area contributed by atoms with E-state index in [4.69, 9.17) is 5.73 Å². The van der Waals surface area contributed by atoms with Crippen LogP contribution >= 0.6 is 0 Å². The minimum atomic E-state index is -3.50. The lowest BCUT2D eigenvalue weighted by Crippen LogP contribution is -2.28. The van der Waals surface area contributed by atoms with E-state index in [0.717, 1.165) is 17.9 Å². The van der Waals surface area contributed by atoms with E-state index in [2.05, 4.69) is 11.6 Å². The number of anilines is 1. The zero-order valence-electron chi connectivity index (χ0n) is 12.9. The van der Waals surface area contributed by atoms with Crippen LogP contribution in [0.3, 0.4) is 0 Å². The van der Waals surface area contributed by atoms with Gasteiger partial charge in [-0.2, -0.15) is 0 Å². The lowest BCUT2D eigenvalue weighted by molar-refractivity contribution is 0.271. The molecule has 5 heteroatoms. The van der Waals surface area contributed by atoms with Gasteiger partial charge in [-0.1, -0.05) is 32.3 Å². The number of hydrogen-bond acceptors (Lipinski definition) is 3. The van der Waals surface area contributed by atoms with Crippen molar-refractivity contribution in [1.29, 1.82) is 0 Å². The molecule has 1 fully saturated rings. The van der Waals surface area contributed by atoms with Crippen molar-refractivity contribution >= 4 is 15.7 Å². The van der Waals surface area contributed by atoms with Crippen molar-refractivity contribution in [1.82, 2.24) is 4.72 Å². The largest absolute Gasteiger partial charge is 0.398 e. The monoisotopic (exact) mass is 310 g/mol. The summed E-state index contributed by atoms with van der Waals surface area (Å²) in [5.74, 6) is 1.42. The molecule has 0 spiro atoms. The van der Waals surface area contributed by atoms with Crippen LogP contribution in [0.5, 0.6) is 0 Å². The molecule has 4 nitrogen and oxygen atoms in total. The van der Waals surface area contributed by atoms with Gasteiger partial charge in [0.2, 0.25) is 10.0 Å². The molecule has 118 valence electrons. The summed E-state index contributed by atoms with van der Waals surface area (Å²) < 4.78 is 27.2.